The molecule has 0 bridgehead atoms. The van der Waals surface area contributed by atoms with Crippen LogP contribution in [0.3, 0.4) is 0 Å². The lowest BCUT2D eigenvalue weighted by molar-refractivity contribution is 0.940. The van der Waals surface area contributed by atoms with Crippen molar-refractivity contribution >= 4 is 11.5 Å². The second kappa shape index (κ2) is 4.44. The van der Waals surface area contributed by atoms with Crippen LogP contribution in [0.5, 0.6) is 0 Å². The van der Waals surface area contributed by atoms with Crippen LogP contribution < -0.4 is 5.32 Å². The summed E-state index contributed by atoms with van der Waals surface area (Å²) >= 11 is 0. The fraction of sp³-hybridized carbons (Fsp3) is 0.154. The number of hydrogen-bond acceptors (Lipinski definition) is 4. The molecule has 3 rings (SSSR count). The fourth-order valence-electron chi connectivity index (χ4n) is 1.88. The van der Waals surface area contributed by atoms with Gasteiger partial charge in [-0.3, -0.25) is 4.98 Å². The number of fused-ring (bicyclic) bond motifs is 1. The molecule has 3 aromatic heterocycles. The second-order valence-corrected chi connectivity index (χ2v) is 4.16. The molecule has 3 heterocycles. The van der Waals surface area contributed by atoms with Gasteiger partial charge in [0.15, 0.2) is 5.65 Å². The summed E-state index contributed by atoms with van der Waals surface area (Å²) in [7, 11) is 0. The highest BCUT2D eigenvalue weighted by molar-refractivity contribution is 5.51. The van der Waals surface area contributed by atoms with Crippen molar-refractivity contribution in [3.8, 4) is 0 Å². The zero-order valence-electron chi connectivity index (χ0n) is 10.0. The molecule has 0 aliphatic heterocycles. The Morgan fingerprint density at radius 3 is 2.89 bits per heavy atom. The van der Waals surface area contributed by atoms with Gasteiger partial charge < -0.3 is 5.32 Å². The van der Waals surface area contributed by atoms with E-state index in [1.54, 1.807) is 23.2 Å². The summed E-state index contributed by atoms with van der Waals surface area (Å²) in [4.78, 5) is 8.20. The van der Waals surface area contributed by atoms with Crippen LogP contribution in [-0.4, -0.2) is 19.6 Å². The van der Waals surface area contributed by atoms with Crippen molar-refractivity contribution in [2.75, 3.05) is 5.32 Å². The third-order valence-corrected chi connectivity index (χ3v) is 2.75. The van der Waals surface area contributed by atoms with Crippen molar-refractivity contribution in [2.24, 2.45) is 0 Å². The minimum atomic E-state index is 0.737. The summed E-state index contributed by atoms with van der Waals surface area (Å²) in [6.07, 6.45) is 5.14. The van der Waals surface area contributed by atoms with Crippen molar-refractivity contribution in [1.82, 2.24) is 19.6 Å². The van der Waals surface area contributed by atoms with E-state index in [0.29, 0.717) is 0 Å². The smallest absolute Gasteiger partial charge is 0.157 e. The van der Waals surface area contributed by atoms with Gasteiger partial charge in [-0.15, -0.1) is 0 Å². The molecule has 0 fully saturated rings. The van der Waals surface area contributed by atoms with E-state index in [1.165, 1.54) is 5.56 Å². The van der Waals surface area contributed by atoms with Gasteiger partial charge in [0.1, 0.15) is 12.1 Å². The number of aromatic nitrogens is 4. The third-order valence-electron chi connectivity index (χ3n) is 2.75. The summed E-state index contributed by atoms with van der Waals surface area (Å²) in [6.45, 7) is 2.78. The minimum absolute atomic E-state index is 0.737. The molecule has 90 valence electrons. The maximum Gasteiger partial charge on any atom is 0.157 e. The summed E-state index contributed by atoms with van der Waals surface area (Å²) in [5, 5.41) is 7.57. The number of aryl methyl sites for hydroxylation is 1. The Labute approximate surface area is 105 Å². The molecule has 0 aliphatic rings. The predicted octanol–water partition coefficient (Wildman–Crippen LogP) is 2.04. The zero-order chi connectivity index (χ0) is 12.4. The van der Waals surface area contributed by atoms with E-state index in [-0.39, 0.29) is 0 Å². The lowest BCUT2D eigenvalue weighted by atomic mass is 10.2. The van der Waals surface area contributed by atoms with Crippen molar-refractivity contribution in [1.29, 1.82) is 0 Å². The van der Waals surface area contributed by atoms with E-state index in [2.05, 4.69) is 26.4 Å². The molecule has 5 heteroatoms. The van der Waals surface area contributed by atoms with E-state index in [1.807, 2.05) is 25.1 Å². The number of nitrogens with one attached hydrogen (secondary N) is 1. The summed E-state index contributed by atoms with van der Waals surface area (Å²) in [5.74, 6) is 0.944. The monoisotopic (exact) mass is 239 g/mol. The molecule has 0 aliphatic carbocycles. The van der Waals surface area contributed by atoms with Crippen molar-refractivity contribution in [3.05, 3.63) is 54.1 Å². The predicted molar refractivity (Wildman–Crippen MR) is 69.3 cm³/mol. The molecule has 18 heavy (non-hydrogen) atoms. The third kappa shape index (κ3) is 2.02. The minimum Gasteiger partial charge on any atom is -0.366 e. The highest BCUT2D eigenvalue weighted by atomic mass is 15.3. The zero-order valence-corrected chi connectivity index (χ0v) is 10.0. The van der Waals surface area contributed by atoms with Gasteiger partial charge in [0.25, 0.3) is 0 Å². The van der Waals surface area contributed by atoms with E-state index >= 15 is 0 Å². The average molecular weight is 239 g/mol. The molecule has 0 saturated carbocycles. The van der Waals surface area contributed by atoms with Gasteiger partial charge in [0.2, 0.25) is 0 Å². The molecule has 0 saturated heterocycles. The molecule has 0 amide bonds. The first-order chi connectivity index (χ1) is 8.83. The summed E-state index contributed by atoms with van der Waals surface area (Å²) in [6, 6.07) is 8.04. The quantitative estimate of drug-likeness (QED) is 0.760. The van der Waals surface area contributed by atoms with Crippen LogP contribution in [0.25, 0.3) is 5.65 Å². The first-order valence-electron chi connectivity index (χ1n) is 5.76. The lowest BCUT2D eigenvalue weighted by Gasteiger charge is -2.09. The van der Waals surface area contributed by atoms with Crippen LogP contribution in [0.1, 0.15) is 11.1 Å². The summed E-state index contributed by atoms with van der Waals surface area (Å²) in [5.41, 5.74) is 3.19. The van der Waals surface area contributed by atoms with Crippen molar-refractivity contribution < 1.29 is 0 Å². The molecule has 0 aromatic carbocycles. The normalized spacial score (nSPS) is 10.7. The number of rotatable bonds is 3. The van der Waals surface area contributed by atoms with Gasteiger partial charge in [-0.2, -0.15) is 9.61 Å². The number of anilines is 1. The first kappa shape index (κ1) is 10.7. The van der Waals surface area contributed by atoms with E-state index in [0.717, 1.165) is 23.6 Å². The van der Waals surface area contributed by atoms with Crippen molar-refractivity contribution in [3.63, 3.8) is 0 Å². The van der Waals surface area contributed by atoms with E-state index < -0.39 is 0 Å². The topological polar surface area (TPSA) is 55.1 Å². The van der Waals surface area contributed by atoms with Crippen LogP contribution in [0, 0.1) is 6.92 Å². The van der Waals surface area contributed by atoms with Gasteiger partial charge in [0.05, 0.1) is 0 Å². The maximum atomic E-state index is 4.20. The first-order valence-corrected chi connectivity index (χ1v) is 5.76. The number of hydrogen-bond donors (Lipinski definition) is 1. The maximum absolute atomic E-state index is 4.20. The molecule has 0 unspecified atom stereocenters. The van der Waals surface area contributed by atoms with Crippen LogP contribution >= 0.6 is 0 Å². The van der Waals surface area contributed by atoms with Gasteiger partial charge in [-0.25, -0.2) is 4.98 Å². The molecule has 3 aromatic rings. The van der Waals surface area contributed by atoms with E-state index in [9.17, 15) is 0 Å². The molecular formula is C13H13N5. The lowest BCUT2D eigenvalue weighted by Crippen LogP contribution is -2.05. The number of nitrogens with zero attached hydrogens (tertiary/aromatic N) is 4. The largest absolute Gasteiger partial charge is 0.366 e. The molecule has 1 N–H and O–H groups in total. The van der Waals surface area contributed by atoms with Crippen LogP contribution in [-0.2, 0) is 6.54 Å². The SMILES string of the molecule is Cc1cc(NCc2ccncc2)n2ncnc2c1. The summed E-state index contributed by atoms with van der Waals surface area (Å²) < 4.78 is 1.80. The molecule has 0 radical (unpaired) electrons. The Morgan fingerprint density at radius 1 is 1.22 bits per heavy atom. The Bertz CT molecular complexity index is 659. The Hall–Kier alpha value is -2.43. The van der Waals surface area contributed by atoms with Gasteiger partial charge >= 0.3 is 0 Å². The van der Waals surface area contributed by atoms with Crippen molar-refractivity contribution in [2.45, 2.75) is 13.5 Å². The number of pyridine rings is 2. The molecule has 0 spiro atoms. The van der Waals surface area contributed by atoms with Crippen LogP contribution in [0.15, 0.2) is 43.0 Å². The Balaban J connectivity index is 1.88. The average Bonchev–Trinajstić information content (AvgIpc) is 2.85. The molecule has 0 atom stereocenters. The van der Waals surface area contributed by atoms with Gasteiger partial charge in [-0.1, -0.05) is 0 Å². The Kier molecular flexibility index (Phi) is 2.64. The highest BCUT2D eigenvalue weighted by Crippen LogP contribution is 2.14. The van der Waals surface area contributed by atoms with Crippen LogP contribution in [0.4, 0.5) is 5.82 Å². The van der Waals surface area contributed by atoms with Gasteiger partial charge in [-0.05, 0) is 42.3 Å². The fourth-order valence-corrected chi connectivity index (χ4v) is 1.88. The standard InChI is InChI=1S/C13H13N5/c1-10-6-12(18-13(7-10)16-9-17-18)15-8-11-2-4-14-5-3-11/h2-7,9,15H,8H2,1H3. The van der Waals surface area contributed by atoms with Crippen LogP contribution in [0.2, 0.25) is 0 Å². The highest BCUT2D eigenvalue weighted by Gasteiger charge is 2.03. The molecular weight excluding hydrogens is 226 g/mol. The van der Waals surface area contributed by atoms with Gasteiger partial charge in [0, 0.05) is 18.9 Å². The second-order valence-electron chi connectivity index (χ2n) is 4.16. The van der Waals surface area contributed by atoms with E-state index in [4.69, 9.17) is 0 Å². The Morgan fingerprint density at radius 2 is 2.06 bits per heavy atom. The molecule has 5 nitrogen and oxygen atoms in total.